The first-order valence-corrected chi connectivity index (χ1v) is 11.0. The van der Waals surface area contributed by atoms with Crippen LogP contribution in [0.2, 0.25) is 0 Å². The van der Waals surface area contributed by atoms with Gasteiger partial charge in [-0.25, -0.2) is 0 Å². The van der Waals surface area contributed by atoms with Crippen LogP contribution in [0, 0.1) is 12.1 Å². The molecule has 0 unspecified atom stereocenters. The standard InChI is InChI=1S/C20H14N.C11H8N.Ir/c1-2-9-18-15(6-1)11-12-19(18)16-7-5-8-17(14-16)20-10-3-4-13-21-20;1-2-6-10(7-3-1)11-8-4-5-9-12-11;/h1-7,9-10,12-14H,11H2;1-6,8-9H;/q2*-1;. The Labute approximate surface area is 214 Å². The van der Waals surface area contributed by atoms with Gasteiger partial charge in [0, 0.05) is 32.5 Å². The van der Waals surface area contributed by atoms with Gasteiger partial charge >= 0.3 is 0 Å². The summed E-state index contributed by atoms with van der Waals surface area (Å²) in [5.41, 5.74) is 9.31. The maximum atomic E-state index is 4.41. The predicted octanol–water partition coefficient (Wildman–Crippen LogP) is 7.08. The zero-order valence-corrected chi connectivity index (χ0v) is 20.9. The van der Waals surface area contributed by atoms with E-state index in [1.54, 1.807) is 6.20 Å². The van der Waals surface area contributed by atoms with Crippen LogP contribution in [0.5, 0.6) is 0 Å². The topological polar surface area (TPSA) is 25.8 Å². The van der Waals surface area contributed by atoms with Gasteiger partial charge in [-0.15, -0.1) is 71.3 Å². The Balaban J connectivity index is 0.000000180. The van der Waals surface area contributed by atoms with E-state index in [2.05, 4.69) is 64.6 Å². The summed E-state index contributed by atoms with van der Waals surface area (Å²) in [4.78, 5) is 8.63. The van der Waals surface area contributed by atoms with Crippen molar-refractivity contribution in [2.75, 3.05) is 0 Å². The van der Waals surface area contributed by atoms with E-state index in [1.165, 1.54) is 22.3 Å². The maximum Gasteiger partial charge on any atom is 0.0160 e. The molecule has 2 nitrogen and oxygen atoms in total. The van der Waals surface area contributed by atoms with Crippen LogP contribution in [0.25, 0.3) is 28.1 Å². The van der Waals surface area contributed by atoms with Gasteiger partial charge in [0.05, 0.1) is 0 Å². The van der Waals surface area contributed by atoms with Gasteiger partial charge in [-0.05, 0) is 46.6 Å². The SMILES string of the molecule is [Ir].[c-]1ccc(C2=CCc3ccccc32)cc1-c1ccccn1.[c-]1ccccc1-c1ccccn1. The fourth-order valence-corrected chi connectivity index (χ4v) is 3.94. The Bertz CT molecular complexity index is 1330. The van der Waals surface area contributed by atoms with Crippen molar-refractivity contribution in [2.24, 2.45) is 0 Å². The van der Waals surface area contributed by atoms with Crippen LogP contribution in [0.1, 0.15) is 16.7 Å². The van der Waals surface area contributed by atoms with Crippen molar-refractivity contribution in [3.8, 4) is 22.5 Å². The van der Waals surface area contributed by atoms with E-state index in [9.17, 15) is 0 Å². The van der Waals surface area contributed by atoms with E-state index in [1.807, 2.05) is 72.9 Å². The number of aromatic nitrogens is 2. The van der Waals surface area contributed by atoms with Crippen molar-refractivity contribution in [2.45, 2.75) is 6.42 Å². The van der Waals surface area contributed by atoms with Gasteiger partial charge in [-0.3, -0.25) is 0 Å². The van der Waals surface area contributed by atoms with Crippen molar-refractivity contribution in [3.63, 3.8) is 0 Å². The average molecular weight is 615 g/mol. The van der Waals surface area contributed by atoms with Crippen LogP contribution >= 0.6 is 0 Å². The predicted molar refractivity (Wildman–Crippen MR) is 134 cm³/mol. The van der Waals surface area contributed by atoms with Crippen LogP contribution in [0.4, 0.5) is 0 Å². The first-order valence-electron chi connectivity index (χ1n) is 11.0. The van der Waals surface area contributed by atoms with Crippen molar-refractivity contribution < 1.29 is 20.1 Å². The number of rotatable bonds is 3. The first-order chi connectivity index (χ1) is 16.4. The van der Waals surface area contributed by atoms with Gasteiger partial charge in [0.1, 0.15) is 0 Å². The van der Waals surface area contributed by atoms with E-state index in [0.717, 1.165) is 28.9 Å². The van der Waals surface area contributed by atoms with Gasteiger partial charge in [0.2, 0.25) is 0 Å². The van der Waals surface area contributed by atoms with Crippen LogP contribution in [-0.4, -0.2) is 9.97 Å². The Morgan fingerprint density at radius 1 is 0.618 bits per heavy atom. The Kier molecular flexibility index (Phi) is 7.93. The molecule has 0 saturated carbocycles. The zero-order chi connectivity index (χ0) is 22.3. The third kappa shape index (κ3) is 5.45. The Morgan fingerprint density at radius 2 is 1.29 bits per heavy atom. The molecule has 0 N–H and O–H groups in total. The third-order valence-corrected chi connectivity index (χ3v) is 5.54. The van der Waals surface area contributed by atoms with Gasteiger partial charge in [0.15, 0.2) is 0 Å². The summed E-state index contributed by atoms with van der Waals surface area (Å²) in [6, 6.07) is 41.0. The molecule has 0 bridgehead atoms. The summed E-state index contributed by atoms with van der Waals surface area (Å²) >= 11 is 0. The molecule has 5 aromatic rings. The minimum absolute atomic E-state index is 0. The summed E-state index contributed by atoms with van der Waals surface area (Å²) in [6.45, 7) is 0. The first kappa shape index (κ1) is 23.5. The molecule has 167 valence electrons. The molecule has 0 aliphatic heterocycles. The van der Waals surface area contributed by atoms with Crippen LogP contribution in [-0.2, 0) is 26.5 Å². The molecule has 0 spiro atoms. The van der Waals surface area contributed by atoms with E-state index >= 15 is 0 Å². The smallest absolute Gasteiger partial charge is 0.0160 e. The number of allylic oxidation sites excluding steroid dienone is 1. The summed E-state index contributed by atoms with van der Waals surface area (Å²) < 4.78 is 0. The minimum Gasteiger partial charge on any atom is -0.305 e. The molecule has 0 saturated heterocycles. The minimum atomic E-state index is 0. The Hall–Kier alpha value is -3.65. The van der Waals surface area contributed by atoms with Crippen LogP contribution < -0.4 is 0 Å². The van der Waals surface area contributed by atoms with Crippen molar-refractivity contribution >= 4 is 5.57 Å². The molecule has 1 aliphatic rings. The quantitative estimate of drug-likeness (QED) is 0.203. The molecule has 0 atom stereocenters. The second-order valence-corrected chi connectivity index (χ2v) is 7.68. The van der Waals surface area contributed by atoms with Crippen LogP contribution in [0.3, 0.4) is 0 Å². The molecule has 1 aliphatic carbocycles. The molecular formula is C31H22IrN2-2. The molecular weight excluding hydrogens is 593 g/mol. The van der Waals surface area contributed by atoms with Crippen molar-refractivity contribution in [1.29, 1.82) is 0 Å². The number of pyridine rings is 2. The fourth-order valence-electron chi connectivity index (χ4n) is 3.94. The molecule has 2 aromatic heterocycles. The molecule has 2 heterocycles. The molecule has 3 heteroatoms. The van der Waals surface area contributed by atoms with Crippen LogP contribution in [0.15, 0.2) is 122 Å². The number of fused-ring (bicyclic) bond motifs is 1. The largest absolute Gasteiger partial charge is 0.305 e. The summed E-state index contributed by atoms with van der Waals surface area (Å²) in [6.07, 6.45) is 6.93. The van der Waals surface area contributed by atoms with E-state index in [4.69, 9.17) is 0 Å². The summed E-state index contributed by atoms with van der Waals surface area (Å²) in [7, 11) is 0. The normalized spacial score (nSPS) is 11.4. The number of benzene rings is 3. The average Bonchev–Trinajstić information content (AvgIpc) is 3.35. The molecule has 0 amide bonds. The van der Waals surface area contributed by atoms with E-state index in [-0.39, 0.29) is 20.1 Å². The molecule has 1 radical (unpaired) electrons. The van der Waals surface area contributed by atoms with Gasteiger partial charge < -0.3 is 9.97 Å². The molecule has 0 fully saturated rings. The number of hydrogen-bond acceptors (Lipinski definition) is 2. The second-order valence-electron chi connectivity index (χ2n) is 7.68. The molecule has 3 aromatic carbocycles. The van der Waals surface area contributed by atoms with E-state index in [0.29, 0.717) is 0 Å². The Morgan fingerprint density at radius 3 is 2.00 bits per heavy atom. The monoisotopic (exact) mass is 615 g/mol. The van der Waals surface area contributed by atoms with Gasteiger partial charge in [0.25, 0.3) is 0 Å². The van der Waals surface area contributed by atoms with Gasteiger partial charge in [-0.1, -0.05) is 54.6 Å². The number of nitrogens with zero attached hydrogens (tertiary/aromatic N) is 2. The van der Waals surface area contributed by atoms with E-state index < -0.39 is 0 Å². The van der Waals surface area contributed by atoms with Crippen molar-refractivity contribution in [3.05, 3.63) is 150 Å². The number of hydrogen-bond donors (Lipinski definition) is 0. The van der Waals surface area contributed by atoms with Gasteiger partial charge in [-0.2, -0.15) is 0 Å². The molecule has 6 rings (SSSR count). The maximum absolute atomic E-state index is 4.41. The van der Waals surface area contributed by atoms with Crippen molar-refractivity contribution in [1.82, 2.24) is 9.97 Å². The summed E-state index contributed by atoms with van der Waals surface area (Å²) in [5.74, 6) is 0. The third-order valence-electron chi connectivity index (χ3n) is 5.54. The molecule has 34 heavy (non-hydrogen) atoms. The second kappa shape index (κ2) is 11.5. The summed E-state index contributed by atoms with van der Waals surface area (Å²) in [5, 5.41) is 0. The zero-order valence-electron chi connectivity index (χ0n) is 18.5. The fraction of sp³-hybridized carbons (Fsp3) is 0.0323.